The van der Waals surface area contributed by atoms with E-state index in [-0.39, 0.29) is 11.3 Å². The van der Waals surface area contributed by atoms with Gasteiger partial charge < -0.3 is 10.2 Å². The quantitative estimate of drug-likeness (QED) is 0.884. The lowest BCUT2D eigenvalue weighted by molar-refractivity contribution is -0.130. The van der Waals surface area contributed by atoms with Crippen LogP contribution >= 0.6 is 15.9 Å². The highest BCUT2D eigenvalue weighted by atomic mass is 79.9. The molecule has 3 nitrogen and oxygen atoms in total. The zero-order valence-electron chi connectivity index (χ0n) is 12.6. The second kappa shape index (κ2) is 6.09. The fourth-order valence-electron chi connectivity index (χ4n) is 3.33. The predicted molar refractivity (Wildman–Crippen MR) is 88.3 cm³/mol. The van der Waals surface area contributed by atoms with Gasteiger partial charge >= 0.3 is 0 Å². The van der Waals surface area contributed by atoms with Crippen molar-refractivity contribution in [1.29, 1.82) is 0 Å². The summed E-state index contributed by atoms with van der Waals surface area (Å²) < 4.78 is 1.11. The molecule has 114 valence electrons. The number of rotatable bonds is 5. The molecular formula is C17H23BrN2O. The van der Waals surface area contributed by atoms with Crippen LogP contribution in [-0.2, 0) is 10.2 Å². The first-order valence-electron chi connectivity index (χ1n) is 7.82. The molecule has 1 amide bonds. The van der Waals surface area contributed by atoms with E-state index >= 15 is 0 Å². The van der Waals surface area contributed by atoms with E-state index in [0.717, 1.165) is 24.0 Å². The third kappa shape index (κ3) is 3.49. The molecule has 1 unspecified atom stereocenters. The number of nitrogens with one attached hydrogen (secondary N) is 1. The van der Waals surface area contributed by atoms with Gasteiger partial charge in [0.05, 0.1) is 0 Å². The molecule has 1 N–H and O–H groups in total. The lowest BCUT2D eigenvalue weighted by Gasteiger charge is -2.25. The van der Waals surface area contributed by atoms with Crippen molar-refractivity contribution in [3.8, 4) is 0 Å². The minimum atomic E-state index is 0.203. The first-order chi connectivity index (χ1) is 10.1. The van der Waals surface area contributed by atoms with Gasteiger partial charge in [-0.2, -0.15) is 0 Å². The van der Waals surface area contributed by atoms with Gasteiger partial charge in [0.15, 0.2) is 0 Å². The Labute approximate surface area is 135 Å². The Bertz CT molecular complexity index is 504. The highest BCUT2D eigenvalue weighted by molar-refractivity contribution is 9.10. The number of carbonyl (C=O) groups excluding carboxylic acids is 1. The molecule has 1 aliphatic carbocycles. The van der Waals surface area contributed by atoms with Crippen LogP contribution in [0.5, 0.6) is 0 Å². The van der Waals surface area contributed by atoms with Crippen LogP contribution in [0.3, 0.4) is 0 Å². The molecule has 1 aromatic rings. The third-order valence-electron chi connectivity index (χ3n) is 4.86. The number of likely N-dealkylation sites (N-methyl/N-ethyl adjacent to an activating group) is 1. The maximum absolute atomic E-state index is 12.4. The standard InChI is InChI=1S/C17H23BrN2O/c1-20(16(21)11-15-3-2-10-19-15)12-17(8-9-17)13-4-6-14(18)7-5-13/h4-7,15,19H,2-3,8-12H2,1H3. The van der Waals surface area contributed by atoms with Gasteiger partial charge in [-0.1, -0.05) is 28.1 Å². The van der Waals surface area contributed by atoms with Crippen LogP contribution in [0.1, 0.15) is 37.7 Å². The third-order valence-corrected chi connectivity index (χ3v) is 5.39. The number of nitrogens with zero attached hydrogens (tertiary/aromatic N) is 1. The first-order valence-corrected chi connectivity index (χ1v) is 8.62. The van der Waals surface area contributed by atoms with Gasteiger partial charge in [0, 0.05) is 35.9 Å². The Morgan fingerprint density at radius 2 is 2.10 bits per heavy atom. The fourth-order valence-corrected chi connectivity index (χ4v) is 3.60. The Balaban J connectivity index is 1.59. The summed E-state index contributed by atoms with van der Waals surface area (Å²) in [6.45, 7) is 1.91. The summed E-state index contributed by atoms with van der Waals surface area (Å²) in [7, 11) is 1.95. The van der Waals surface area contributed by atoms with Crippen molar-refractivity contribution in [3.63, 3.8) is 0 Å². The summed E-state index contributed by atoms with van der Waals surface area (Å²) in [4.78, 5) is 14.3. The van der Waals surface area contributed by atoms with E-state index in [4.69, 9.17) is 0 Å². The number of hydrogen-bond donors (Lipinski definition) is 1. The van der Waals surface area contributed by atoms with Crippen LogP contribution < -0.4 is 5.32 Å². The Kier molecular flexibility index (Phi) is 4.36. The van der Waals surface area contributed by atoms with Crippen LogP contribution in [0.25, 0.3) is 0 Å². The lowest BCUT2D eigenvalue weighted by atomic mass is 9.95. The van der Waals surface area contributed by atoms with E-state index in [1.807, 2.05) is 11.9 Å². The van der Waals surface area contributed by atoms with Crippen molar-refractivity contribution in [2.45, 2.75) is 43.6 Å². The number of benzene rings is 1. The largest absolute Gasteiger partial charge is 0.345 e. The summed E-state index contributed by atoms with van der Waals surface area (Å²) >= 11 is 3.48. The van der Waals surface area contributed by atoms with Gasteiger partial charge in [-0.3, -0.25) is 4.79 Å². The van der Waals surface area contributed by atoms with Crippen molar-refractivity contribution < 1.29 is 4.79 Å². The molecule has 0 radical (unpaired) electrons. The summed E-state index contributed by atoms with van der Waals surface area (Å²) in [5, 5.41) is 3.41. The number of halogens is 1. The minimum absolute atomic E-state index is 0.203. The topological polar surface area (TPSA) is 32.3 Å². The van der Waals surface area contributed by atoms with E-state index in [1.165, 1.54) is 24.8 Å². The van der Waals surface area contributed by atoms with Crippen LogP contribution in [0, 0.1) is 0 Å². The van der Waals surface area contributed by atoms with Crippen molar-refractivity contribution >= 4 is 21.8 Å². The fraction of sp³-hybridized carbons (Fsp3) is 0.588. The molecule has 2 fully saturated rings. The van der Waals surface area contributed by atoms with Gasteiger partial charge in [-0.25, -0.2) is 0 Å². The predicted octanol–water partition coefficient (Wildman–Crippen LogP) is 3.08. The van der Waals surface area contributed by atoms with Crippen LogP contribution in [0.15, 0.2) is 28.7 Å². The molecule has 1 atom stereocenters. The van der Waals surface area contributed by atoms with Gasteiger partial charge in [-0.15, -0.1) is 0 Å². The van der Waals surface area contributed by atoms with E-state index in [1.54, 1.807) is 0 Å². The van der Waals surface area contributed by atoms with Crippen molar-refractivity contribution in [1.82, 2.24) is 10.2 Å². The molecular weight excluding hydrogens is 328 g/mol. The smallest absolute Gasteiger partial charge is 0.223 e. The maximum atomic E-state index is 12.4. The van der Waals surface area contributed by atoms with E-state index in [2.05, 4.69) is 45.5 Å². The Morgan fingerprint density at radius 1 is 1.38 bits per heavy atom. The van der Waals surface area contributed by atoms with E-state index in [9.17, 15) is 4.79 Å². The molecule has 0 spiro atoms. The normalized spacial score (nSPS) is 23.0. The Hall–Kier alpha value is -0.870. The first kappa shape index (κ1) is 15.0. The average molecular weight is 351 g/mol. The van der Waals surface area contributed by atoms with Crippen molar-refractivity contribution in [3.05, 3.63) is 34.3 Å². The highest BCUT2D eigenvalue weighted by Crippen LogP contribution is 2.48. The molecule has 1 saturated heterocycles. The molecule has 1 aliphatic heterocycles. The second-order valence-electron chi connectivity index (χ2n) is 6.53. The Morgan fingerprint density at radius 3 is 2.67 bits per heavy atom. The average Bonchev–Trinajstić information content (AvgIpc) is 3.06. The molecule has 1 saturated carbocycles. The molecule has 0 bridgehead atoms. The summed E-state index contributed by atoms with van der Waals surface area (Å²) in [6, 6.07) is 8.96. The van der Waals surface area contributed by atoms with Crippen LogP contribution in [0.4, 0.5) is 0 Å². The monoisotopic (exact) mass is 350 g/mol. The van der Waals surface area contributed by atoms with Crippen molar-refractivity contribution in [2.24, 2.45) is 0 Å². The summed E-state index contributed by atoms with van der Waals surface area (Å²) in [6.07, 6.45) is 5.36. The van der Waals surface area contributed by atoms with E-state index < -0.39 is 0 Å². The maximum Gasteiger partial charge on any atom is 0.223 e. The molecule has 3 rings (SSSR count). The second-order valence-corrected chi connectivity index (χ2v) is 7.45. The molecule has 1 heterocycles. The number of hydrogen-bond acceptors (Lipinski definition) is 2. The molecule has 4 heteroatoms. The highest BCUT2D eigenvalue weighted by Gasteiger charge is 2.45. The number of amides is 1. The molecule has 0 aromatic heterocycles. The lowest BCUT2D eigenvalue weighted by Crippen LogP contribution is -2.37. The molecule has 1 aromatic carbocycles. The minimum Gasteiger partial charge on any atom is -0.345 e. The molecule has 2 aliphatic rings. The summed E-state index contributed by atoms with van der Waals surface area (Å²) in [5.41, 5.74) is 1.57. The van der Waals surface area contributed by atoms with Crippen molar-refractivity contribution in [2.75, 3.05) is 20.1 Å². The van der Waals surface area contributed by atoms with E-state index in [0.29, 0.717) is 12.5 Å². The number of carbonyl (C=O) groups is 1. The van der Waals surface area contributed by atoms with Crippen LogP contribution in [-0.4, -0.2) is 37.0 Å². The summed E-state index contributed by atoms with van der Waals surface area (Å²) in [5.74, 6) is 0.276. The van der Waals surface area contributed by atoms with Crippen LogP contribution in [0.2, 0.25) is 0 Å². The van der Waals surface area contributed by atoms with Gasteiger partial charge in [-0.05, 0) is 49.9 Å². The van der Waals surface area contributed by atoms with Gasteiger partial charge in [0.25, 0.3) is 0 Å². The zero-order chi connectivity index (χ0) is 14.9. The molecule has 21 heavy (non-hydrogen) atoms. The van der Waals surface area contributed by atoms with Gasteiger partial charge in [0.2, 0.25) is 5.91 Å². The zero-order valence-corrected chi connectivity index (χ0v) is 14.2. The van der Waals surface area contributed by atoms with Gasteiger partial charge in [0.1, 0.15) is 0 Å². The SMILES string of the molecule is CN(CC1(c2ccc(Br)cc2)CC1)C(=O)CC1CCCN1.